The van der Waals surface area contributed by atoms with E-state index in [0.717, 1.165) is 37.2 Å². The lowest BCUT2D eigenvalue weighted by Gasteiger charge is -2.25. The second-order valence-electron chi connectivity index (χ2n) is 6.44. The van der Waals surface area contributed by atoms with Crippen LogP contribution in [-0.4, -0.2) is 34.7 Å². The van der Waals surface area contributed by atoms with Crippen molar-refractivity contribution in [1.82, 2.24) is 5.32 Å². The maximum atomic E-state index is 13.2. The van der Waals surface area contributed by atoms with E-state index in [1.54, 1.807) is 30.3 Å². The van der Waals surface area contributed by atoms with Crippen molar-refractivity contribution in [3.8, 4) is 5.75 Å². The molecule has 0 bridgehead atoms. The van der Waals surface area contributed by atoms with E-state index < -0.39 is 9.84 Å². The summed E-state index contributed by atoms with van der Waals surface area (Å²) in [5.74, 6) is 0.335. The van der Waals surface area contributed by atoms with E-state index in [-0.39, 0.29) is 9.79 Å². The first kappa shape index (κ1) is 19.2. The fourth-order valence-electron chi connectivity index (χ4n) is 3.10. The van der Waals surface area contributed by atoms with Crippen LogP contribution in [0.15, 0.2) is 50.7 Å². The van der Waals surface area contributed by atoms with Crippen LogP contribution in [0.3, 0.4) is 0 Å². The van der Waals surface area contributed by atoms with Crippen LogP contribution < -0.4 is 15.4 Å². The smallest absolute Gasteiger partial charge is 0.210 e. The average molecular weight is 439 g/mol. The molecular formula is C19H23BrN2O3S. The summed E-state index contributed by atoms with van der Waals surface area (Å²) in [7, 11) is -2.22. The van der Waals surface area contributed by atoms with Gasteiger partial charge in [0.25, 0.3) is 0 Å². The second kappa shape index (κ2) is 7.98. The lowest BCUT2D eigenvalue weighted by molar-refractivity contribution is 0.402. The fraction of sp³-hybridized carbons (Fsp3) is 0.368. The molecule has 7 heteroatoms. The summed E-state index contributed by atoms with van der Waals surface area (Å²) in [6.07, 6.45) is 2.05. The van der Waals surface area contributed by atoms with E-state index in [9.17, 15) is 8.42 Å². The van der Waals surface area contributed by atoms with Crippen molar-refractivity contribution in [3.63, 3.8) is 0 Å². The van der Waals surface area contributed by atoms with Gasteiger partial charge in [0.2, 0.25) is 9.84 Å². The third-order valence-electron chi connectivity index (χ3n) is 4.63. The minimum absolute atomic E-state index is 0.158. The van der Waals surface area contributed by atoms with Crippen LogP contribution in [0.5, 0.6) is 5.75 Å². The lowest BCUT2D eigenvalue weighted by Crippen LogP contribution is -2.35. The molecule has 2 N–H and O–H groups in total. The highest BCUT2D eigenvalue weighted by Crippen LogP contribution is 2.33. The first-order valence-electron chi connectivity index (χ1n) is 8.58. The van der Waals surface area contributed by atoms with Crippen LogP contribution in [0.25, 0.3) is 0 Å². The number of sulfone groups is 1. The van der Waals surface area contributed by atoms with Crippen molar-refractivity contribution in [3.05, 3.63) is 46.4 Å². The van der Waals surface area contributed by atoms with Crippen molar-refractivity contribution >= 4 is 31.5 Å². The van der Waals surface area contributed by atoms with Crippen LogP contribution in [0.4, 0.5) is 5.69 Å². The molecule has 1 aliphatic rings. The average Bonchev–Trinajstić information content (AvgIpc) is 2.64. The molecule has 1 aliphatic heterocycles. The highest BCUT2D eigenvalue weighted by Gasteiger charge is 2.24. The number of benzene rings is 2. The highest BCUT2D eigenvalue weighted by molar-refractivity contribution is 9.10. The largest absolute Gasteiger partial charge is 0.495 e. The topological polar surface area (TPSA) is 67.4 Å². The first-order chi connectivity index (χ1) is 12.4. The standard InChI is InChI=1S/C19H23BrN2O3S/c1-13-3-5-16(12-17(13)22-15-7-9-21-10-8-15)26(23,24)19-11-14(20)4-6-18(19)25-2/h3-6,11-12,15,21-22H,7-10H2,1-2H3. The Morgan fingerprint density at radius 3 is 2.58 bits per heavy atom. The van der Waals surface area contributed by atoms with Gasteiger partial charge in [0.05, 0.1) is 12.0 Å². The van der Waals surface area contributed by atoms with E-state index in [4.69, 9.17) is 4.74 Å². The number of piperidine rings is 1. The molecule has 0 radical (unpaired) electrons. The first-order valence-corrected chi connectivity index (χ1v) is 10.9. The summed E-state index contributed by atoms with van der Waals surface area (Å²) < 4.78 is 32.3. The van der Waals surface area contributed by atoms with Gasteiger partial charge in [-0.05, 0) is 68.8 Å². The van der Waals surface area contributed by atoms with Crippen LogP contribution >= 0.6 is 15.9 Å². The Morgan fingerprint density at radius 1 is 1.15 bits per heavy atom. The van der Waals surface area contributed by atoms with E-state index in [1.165, 1.54) is 7.11 Å². The molecule has 0 spiro atoms. The molecule has 1 fully saturated rings. The van der Waals surface area contributed by atoms with Gasteiger partial charge in [-0.2, -0.15) is 0 Å². The van der Waals surface area contributed by atoms with Gasteiger partial charge < -0.3 is 15.4 Å². The molecule has 1 saturated heterocycles. The van der Waals surface area contributed by atoms with Gasteiger partial charge >= 0.3 is 0 Å². The van der Waals surface area contributed by atoms with Crippen molar-refractivity contribution in [2.75, 3.05) is 25.5 Å². The molecule has 0 atom stereocenters. The minimum Gasteiger partial charge on any atom is -0.495 e. The highest BCUT2D eigenvalue weighted by atomic mass is 79.9. The van der Waals surface area contributed by atoms with Gasteiger partial charge in [-0.15, -0.1) is 0 Å². The van der Waals surface area contributed by atoms with E-state index in [2.05, 4.69) is 26.6 Å². The van der Waals surface area contributed by atoms with Crippen molar-refractivity contribution in [2.45, 2.75) is 35.6 Å². The maximum Gasteiger partial charge on any atom is 0.210 e. The van der Waals surface area contributed by atoms with E-state index >= 15 is 0 Å². The number of anilines is 1. The second-order valence-corrected chi connectivity index (χ2v) is 9.28. The van der Waals surface area contributed by atoms with Crippen LogP contribution in [0, 0.1) is 6.92 Å². The number of methoxy groups -OCH3 is 1. The Morgan fingerprint density at radius 2 is 1.88 bits per heavy atom. The summed E-state index contributed by atoms with van der Waals surface area (Å²) >= 11 is 3.34. The number of halogens is 1. The zero-order valence-electron chi connectivity index (χ0n) is 14.9. The van der Waals surface area contributed by atoms with Gasteiger partial charge in [-0.3, -0.25) is 0 Å². The Bertz CT molecular complexity index is 894. The fourth-order valence-corrected chi connectivity index (χ4v) is 5.08. The summed E-state index contributed by atoms with van der Waals surface area (Å²) in [4.78, 5) is 0.418. The number of aryl methyl sites for hydroxylation is 1. The Hall–Kier alpha value is -1.57. The van der Waals surface area contributed by atoms with Crippen LogP contribution in [0.2, 0.25) is 0 Å². The zero-order valence-corrected chi connectivity index (χ0v) is 17.3. The summed E-state index contributed by atoms with van der Waals surface area (Å²) in [5.41, 5.74) is 1.90. The quantitative estimate of drug-likeness (QED) is 0.743. The van der Waals surface area contributed by atoms with Crippen LogP contribution in [-0.2, 0) is 9.84 Å². The molecule has 2 aromatic carbocycles. The number of hydrogen-bond donors (Lipinski definition) is 2. The summed E-state index contributed by atoms with van der Waals surface area (Å²) in [5, 5.41) is 6.84. The van der Waals surface area contributed by atoms with Crippen molar-refractivity contribution in [1.29, 1.82) is 0 Å². The SMILES string of the molecule is COc1ccc(Br)cc1S(=O)(=O)c1ccc(C)c(NC2CCNCC2)c1. The van der Waals surface area contributed by atoms with Gasteiger partial charge in [0, 0.05) is 16.2 Å². The predicted octanol–water partition coefficient (Wildman–Crippen LogP) is 3.76. The monoisotopic (exact) mass is 438 g/mol. The molecule has 0 aliphatic carbocycles. The molecule has 5 nitrogen and oxygen atoms in total. The number of hydrogen-bond acceptors (Lipinski definition) is 5. The molecule has 26 heavy (non-hydrogen) atoms. The van der Waals surface area contributed by atoms with Gasteiger partial charge in [-0.1, -0.05) is 22.0 Å². The number of ether oxygens (including phenoxy) is 1. The number of nitrogens with one attached hydrogen (secondary N) is 2. The molecular weight excluding hydrogens is 416 g/mol. The molecule has 3 rings (SSSR count). The lowest BCUT2D eigenvalue weighted by atomic mass is 10.1. The molecule has 2 aromatic rings. The molecule has 0 saturated carbocycles. The predicted molar refractivity (Wildman–Crippen MR) is 107 cm³/mol. The van der Waals surface area contributed by atoms with E-state index in [0.29, 0.717) is 16.3 Å². The molecule has 1 heterocycles. The van der Waals surface area contributed by atoms with Gasteiger partial charge in [0.15, 0.2) is 0 Å². The third-order valence-corrected chi connectivity index (χ3v) is 6.90. The molecule has 0 unspecified atom stereocenters. The molecule has 140 valence electrons. The normalized spacial score (nSPS) is 15.7. The number of rotatable bonds is 5. The third kappa shape index (κ3) is 4.05. The Kier molecular flexibility index (Phi) is 5.89. The Labute approximate surface area is 163 Å². The maximum absolute atomic E-state index is 13.2. The molecule has 0 aromatic heterocycles. The summed E-state index contributed by atoms with van der Waals surface area (Å²) in [6, 6.07) is 10.6. The van der Waals surface area contributed by atoms with Crippen LogP contribution in [0.1, 0.15) is 18.4 Å². The van der Waals surface area contributed by atoms with Gasteiger partial charge in [-0.25, -0.2) is 8.42 Å². The zero-order chi connectivity index (χ0) is 18.7. The minimum atomic E-state index is -3.69. The Balaban J connectivity index is 1.98. The van der Waals surface area contributed by atoms with E-state index in [1.807, 2.05) is 13.0 Å². The van der Waals surface area contributed by atoms with Gasteiger partial charge in [0.1, 0.15) is 10.6 Å². The summed E-state index contributed by atoms with van der Waals surface area (Å²) in [6.45, 7) is 3.94. The molecule has 0 amide bonds. The van der Waals surface area contributed by atoms with Crippen molar-refractivity contribution < 1.29 is 13.2 Å². The van der Waals surface area contributed by atoms with Crippen molar-refractivity contribution in [2.24, 2.45) is 0 Å².